The van der Waals surface area contributed by atoms with Crippen LogP contribution in [0.5, 0.6) is 0 Å². The van der Waals surface area contributed by atoms with Crippen molar-refractivity contribution < 1.29 is 8.81 Å². The lowest BCUT2D eigenvalue weighted by atomic mass is 10.1. The molecule has 5 rings (SSSR count). The number of rotatable bonds is 7. The highest BCUT2D eigenvalue weighted by atomic mass is 35.5. The van der Waals surface area contributed by atoms with Crippen LogP contribution in [-0.2, 0) is 0 Å². The number of anilines is 4. The fraction of sp³-hybridized carbons (Fsp3) is 0.200. The van der Waals surface area contributed by atoms with Gasteiger partial charge in [0.2, 0.25) is 17.8 Å². The number of benzene rings is 2. The Kier molecular flexibility index (Phi) is 7.29. The van der Waals surface area contributed by atoms with Crippen LogP contribution in [0.3, 0.4) is 0 Å². The smallest absolute Gasteiger partial charge is 0.250 e. The minimum absolute atomic E-state index is 0.260. The summed E-state index contributed by atoms with van der Waals surface area (Å²) in [5.74, 6) is 1.89. The van der Waals surface area contributed by atoms with Crippen LogP contribution in [0.25, 0.3) is 11.3 Å². The molecule has 0 amide bonds. The second kappa shape index (κ2) is 10.9. The highest BCUT2D eigenvalue weighted by Gasteiger charge is 2.17. The maximum atomic E-state index is 13.3. The largest absolute Gasteiger partial charge is 0.455 e. The fourth-order valence-electron chi connectivity index (χ4n) is 3.78. The lowest BCUT2D eigenvalue weighted by molar-refractivity contribution is 0.568. The summed E-state index contributed by atoms with van der Waals surface area (Å²) in [4.78, 5) is 15.6. The van der Waals surface area contributed by atoms with Crippen molar-refractivity contribution in [2.45, 2.75) is 19.3 Å². The predicted octanol–water partition coefficient (Wildman–Crippen LogP) is 6.76. The van der Waals surface area contributed by atoms with Crippen molar-refractivity contribution in [2.24, 2.45) is 5.10 Å². The van der Waals surface area contributed by atoms with Crippen LogP contribution < -0.4 is 15.6 Å². The molecule has 36 heavy (non-hydrogen) atoms. The summed E-state index contributed by atoms with van der Waals surface area (Å²) in [7, 11) is 0. The van der Waals surface area contributed by atoms with E-state index in [4.69, 9.17) is 27.6 Å². The van der Waals surface area contributed by atoms with Crippen molar-refractivity contribution in [3.8, 4) is 11.3 Å². The maximum Gasteiger partial charge on any atom is 0.250 e. The highest BCUT2D eigenvalue weighted by molar-refractivity contribution is 6.43. The lowest BCUT2D eigenvalue weighted by Gasteiger charge is -2.26. The topological polar surface area (TPSA) is 91.5 Å². The predicted molar refractivity (Wildman–Crippen MR) is 141 cm³/mol. The molecule has 2 aromatic carbocycles. The number of piperidine rings is 1. The van der Waals surface area contributed by atoms with Gasteiger partial charge in [-0.05, 0) is 67.8 Å². The first-order valence-corrected chi connectivity index (χ1v) is 12.2. The maximum absolute atomic E-state index is 13.3. The molecule has 1 saturated heterocycles. The lowest BCUT2D eigenvalue weighted by Crippen LogP contribution is -2.31. The first-order chi connectivity index (χ1) is 17.5. The van der Waals surface area contributed by atoms with Crippen LogP contribution in [0, 0.1) is 5.82 Å². The molecule has 8 nitrogen and oxygen atoms in total. The number of furan rings is 1. The summed E-state index contributed by atoms with van der Waals surface area (Å²) in [6.45, 7) is 1.73. The summed E-state index contributed by atoms with van der Waals surface area (Å²) in [5, 5.41) is 8.20. The van der Waals surface area contributed by atoms with Crippen LogP contribution >= 0.6 is 23.2 Å². The van der Waals surface area contributed by atoms with Gasteiger partial charge in [0.15, 0.2) is 0 Å². The Bertz CT molecular complexity index is 1370. The number of hydrogen-bond donors (Lipinski definition) is 2. The van der Waals surface area contributed by atoms with Gasteiger partial charge in [0.05, 0.1) is 16.3 Å². The zero-order valence-electron chi connectivity index (χ0n) is 19.1. The Morgan fingerprint density at radius 1 is 0.917 bits per heavy atom. The first kappa shape index (κ1) is 24.0. The van der Waals surface area contributed by atoms with Crippen molar-refractivity contribution in [1.82, 2.24) is 15.0 Å². The average Bonchev–Trinajstić information content (AvgIpc) is 3.36. The third-order valence-corrected chi connectivity index (χ3v) is 6.38. The van der Waals surface area contributed by atoms with Crippen LogP contribution in [0.4, 0.5) is 27.9 Å². The number of hydrazone groups is 1. The van der Waals surface area contributed by atoms with Crippen molar-refractivity contribution in [1.29, 1.82) is 0 Å². The molecule has 0 radical (unpaired) electrons. The Labute approximate surface area is 217 Å². The molecule has 0 aliphatic carbocycles. The van der Waals surface area contributed by atoms with E-state index >= 15 is 0 Å². The number of nitrogens with one attached hydrogen (secondary N) is 2. The van der Waals surface area contributed by atoms with Crippen molar-refractivity contribution in [3.63, 3.8) is 0 Å². The molecule has 0 spiro atoms. The molecule has 11 heteroatoms. The Morgan fingerprint density at radius 2 is 1.69 bits per heavy atom. The molecule has 3 heterocycles. The van der Waals surface area contributed by atoms with Gasteiger partial charge in [-0.1, -0.05) is 29.3 Å². The average molecular weight is 526 g/mol. The summed E-state index contributed by atoms with van der Waals surface area (Å²) in [6.07, 6.45) is 4.85. The summed E-state index contributed by atoms with van der Waals surface area (Å²) < 4.78 is 19.1. The minimum Gasteiger partial charge on any atom is -0.455 e. The van der Waals surface area contributed by atoms with E-state index in [2.05, 4.69) is 35.7 Å². The molecule has 0 unspecified atom stereocenters. The van der Waals surface area contributed by atoms with Gasteiger partial charge in [-0.25, -0.2) is 9.82 Å². The van der Waals surface area contributed by atoms with Crippen LogP contribution in [0.1, 0.15) is 25.0 Å². The second-order valence-corrected chi connectivity index (χ2v) is 8.92. The van der Waals surface area contributed by atoms with E-state index in [1.165, 1.54) is 24.8 Å². The van der Waals surface area contributed by atoms with E-state index in [-0.39, 0.29) is 11.8 Å². The summed E-state index contributed by atoms with van der Waals surface area (Å²) >= 11 is 12.4. The standard InChI is InChI=1S/C25H22Cl2FN7O/c26-20-6-4-5-19(22(20)27)21-12-11-18(36-21)15-29-34-24-31-23(30-17-9-7-16(28)8-10-17)32-25(33-24)35-13-2-1-3-14-35/h4-12,15H,1-3,13-14H2,(H2,30,31,32,33,34)/b29-15-. The molecule has 0 saturated carbocycles. The minimum atomic E-state index is -0.319. The monoisotopic (exact) mass is 525 g/mol. The molecule has 2 N–H and O–H groups in total. The summed E-state index contributed by atoms with van der Waals surface area (Å²) in [6, 6.07) is 14.9. The summed E-state index contributed by atoms with van der Waals surface area (Å²) in [5.41, 5.74) is 4.20. The second-order valence-electron chi connectivity index (χ2n) is 8.14. The number of nitrogens with zero attached hydrogens (tertiary/aromatic N) is 5. The van der Waals surface area contributed by atoms with Crippen LogP contribution in [0.2, 0.25) is 10.0 Å². The SMILES string of the molecule is Fc1ccc(Nc2nc(N/N=C\c3ccc(-c4cccc(Cl)c4Cl)o3)nc(N3CCCCC3)n2)cc1. The van der Waals surface area contributed by atoms with Gasteiger partial charge in [0.25, 0.3) is 0 Å². The van der Waals surface area contributed by atoms with E-state index in [0.29, 0.717) is 44.7 Å². The molecule has 4 aromatic rings. The molecule has 184 valence electrons. The van der Waals surface area contributed by atoms with Gasteiger partial charge >= 0.3 is 0 Å². The normalized spacial score (nSPS) is 13.8. The van der Waals surface area contributed by atoms with E-state index in [9.17, 15) is 4.39 Å². The highest BCUT2D eigenvalue weighted by Crippen LogP contribution is 2.34. The van der Waals surface area contributed by atoms with Gasteiger partial charge in [0.1, 0.15) is 17.3 Å². The van der Waals surface area contributed by atoms with Crippen LogP contribution in [-0.4, -0.2) is 34.3 Å². The van der Waals surface area contributed by atoms with Crippen molar-refractivity contribution in [3.05, 3.63) is 76.2 Å². The molecule has 1 aliphatic rings. The molecular weight excluding hydrogens is 504 g/mol. The number of aromatic nitrogens is 3. The van der Waals surface area contributed by atoms with E-state index in [1.54, 1.807) is 36.4 Å². The molecule has 2 aromatic heterocycles. The molecule has 0 bridgehead atoms. The molecular formula is C25H22Cl2FN7O. The fourth-order valence-corrected chi connectivity index (χ4v) is 4.18. The Morgan fingerprint density at radius 3 is 2.50 bits per heavy atom. The van der Waals surface area contributed by atoms with Crippen molar-refractivity contribution in [2.75, 3.05) is 28.7 Å². The van der Waals surface area contributed by atoms with E-state index < -0.39 is 0 Å². The molecule has 1 aliphatic heterocycles. The van der Waals surface area contributed by atoms with Gasteiger partial charge in [-0.2, -0.15) is 20.1 Å². The quantitative estimate of drug-likeness (QED) is 0.203. The van der Waals surface area contributed by atoms with Gasteiger partial charge in [0, 0.05) is 24.3 Å². The van der Waals surface area contributed by atoms with Gasteiger partial charge < -0.3 is 14.6 Å². The van der Waals surface area contributed by atoms with Gasteiger partial charge in [-0.15, -0.1) is 0 Å². The van der Waals surface area contributed by atoms with Crippen LogP contribution in [0.15, 0.2) is 64.1 Å². The zero-order valence-corrected chi connectivity index (χ0v) is 20.6. The number of halogens is 3. The molecule has 1 fully saturated rings. The van der Waals surface area contributed by atoms with Gasteiger partial charge in [-0.3, -0.25) is 0 Å². The third kappa shape index (κ3) is 5.75. The third-order valence-electron chi connectivity index (χ3n) is 5.56. The zero-order chi connectivity index (χ0) is 24.9. The first-order valence-electron chi connectivity index (χ1n) is 11.4. The van der Waals surface area contributed by atoms with E-state index in [1.807, 2.05) is 6.07 Å². The number of hydrogen-bond acceptors (Lipinski definition) is 8. The van der Waals surface area contributed by atoms with Crippen molar-refractivity contribution >= 4 is 52.9 Å². The molecule has 0 atom stereocenters. The Balaban J connectivity index is 1.35. The Hall–Kier alpha value is -3.69. The van der Waals surface area contributed by atoms with E-state index in [0.717, 1.165) is 25.9 Å².